The van der Waals surface area contributed by atoms with Crippen LogP contribution in [0.4, 0.5) is 0 Å². The predicted octanol–water partition coefficient (Wildman–Crippen LogP) is 5.05. The zero-order valence-electron chi connectivity index (χ0n) is 11.9. The van der Waals surface area contributed by atoms with Crippen molar-refractivity contribution in [3.8, 4) is 0 Å². The summed E-state index contributed by atoms with van der Waals surface area (Å²) in [7, 11) is 0. The van der Waals surface area contributed by atoms with E-state index in [0.29, 0.717) is 11.7 Å². The van der Waals surface area contributed by atoms with Crippen LogP contribution in [-0.4, -0.2) is 5.78 Å². The predicted molar refractivity (Wildman–Crippen MR) is 76.5 cm³/mol. The summed E-state index contributed by atoms with van der Waals surface area (Å²) in [4.78, 5) is 12.5. The molecule has 102 valence electrons. The first kappa shape index (κ1) is 13.8. The van der Waals surface area contributed by atoms with Gasteiger partial charge in [0.05, 0.1) is 0 Å². The fourth-order valence-electron chi connectivity index (χ4n) is 3.51. The number of rotatable bonds is 3. The van der Waals surface area contributed by atoms with Crippen LogP contribution < -0.4 is 0 Å². The molecule has 2 rings (SSSR count). The van der Waals surface area contributed by atoms with E-state index in [1.54, 1.807) is 0 Å². The van der Waals surface area contributed by atoms with Gasteiger partial charge in [0.25, 0.3) is 0 Å². The van der Waals surface area contributed by atoms with E-state index in [-0.39, 0.29) is 0 Å². The molecular weight excluding hydrogens is 220 g/mol. The van der Waals surface area contributed by atoms with Crippen LogP contribution in [0.3, 0.4) is 0 Å². The van der Waals surface area contributed by atoms with E-state index in [0.717, 1.165) is 31.6 Å². The minimum Gasteiger partial charge on any atom is -0.294 e. The second-order valence-electron chi connectivity index (χ2n) is 6.17. The minimum atomic E-state index is 0.360. The molecule has 0 saturated heterocycles. The van der Waals surface area contributed by atoms with Gasteiger partial charge in [-0.2, -0.15) is 0 Å². The second kappa shape index (κ2) is 7.11. The van der Waals surface area contributed by atoms with Crippen LogP contribution in [0.1, 0.15) is 77.6 Å². The van der Waals surface area contributed by atoms with Crippen molar-refractivity contribution in [1.82, 2.24) is 0 Å². The maximum atomic E-state index is 12.5. The number of hydrogen-bond acceptors (Lipinski definition) is 1. The average Bonchev–Trinajstić information content (AvgIpc) is 2.38. The third kappa shape index (κ3) is 3.70. The molecule has 0 atom stereocenters. The highest BCUT2D eigenvalue weighted by Gasteiger charge is 2.27. The van der Waals surface area contributed by atoms with Gasteiger partial charge in [0.2, 0.25) is 0 Å². The van der Waals surface area contributed by atoms with Crippen molar-refractivity contribution in [2.24, 2.45) is 11.8 Å². The summed E-state index contributed by atoms with van der Waals surface area (Å²) >= 11 is 0. The molecule has 0 heterocycles. The summed E-state index contributed by atoms with van der Waals surface area (Å²) in [5, 5.41) is 0. The maximum Gasteiger partial charge on any atom is 0.161 e. The summed E-state index contributed by atoms with van der Waals surface area (Å²) in [6.45, 7) is 2.28. The lowest BCUT2D eigenvalue weighted by molar-refractivity contribution is -0.120. The zero-order valence-corrected chi connectivity index (χ0v) is 11.9. The van der Waals surface area contributed by atoms with E-state index >= 15 is 0 Å². The van der Waals surface area contributed by atoms with Gasteiger partial charge in [-0.05, 0) is 62.9 Å². The zero-order chi connectivity index (χ0) is 12.8. The SMILES string of the molecule is CCC1CCC(C(=O)C2=CCCCCCC2)CC1. The van der Waals surface area contributed by atoms with Gasteiger partial charge in [0.1, 0.15) is 0 Å². The molecule has 1 heteroatoms. The minimum absolute atomic E-state index is 0.360. The number of allylic oxidation sites excluding steroid dienone is 2. The molecule has 2 aliphatic carbocycles. The molecule has 0 aromatic carbocycles. The molecule has 0 spiro atoms. The van der Waals surface area contributed by atoms with Gasteiger partial charge in [-0.1, -0.05) is 32.3 Å². The Morgan fingerprint density at radius 2 is 1.83 bits per heavy atom. The van der Waals surface area contributed by atoms with Crippen LogP contribution in [-0.2, 0) is 4.79 Å². The number of Topliss-reactive ketones (excluding diaryl/α,β-unsaturated/α-hetero) is 1. The summed E-state index contributed by atoms with van der Waals surface area (Å²) in [6, 6.07) is 0. The van der Waals surface area contributed by atoms with Crippen molar-refractivity contribution >= 4 is 5.78 Å². The molecule has 0 aromatic rings. The molecule has 0 aliphatic heterocycles. The van der Waals surface area contributed by atoms with Crippen LogP contribution in [0, 0.1) is 11.8 Å². The van der Waals surface area contributed by atoms with Gasteiger partial charge >= 0.3 is 0 Å². The Hall–Kier alpha value is -0.590. The summed E-state index contributed by atoms with van der Waals surface area (Å²) < 4.78 is 0. The molecule has 0 unspecified atom stereocenters. The lowest BCUT2D eigenvalue weighted by atomic mass is 9.77. The largest absolute Gasteiger partial charge is 0.294 e. The number of carbonyl (C=O) groups excluding carboxylic acids is 1. The smallest absolute Gasteiger partial charge is 0.161 e. The van der Waals surface area contributed by atoms with Crippen molar-refractivity contribution in [2.45, 2.75) is 77.6 Å². The van der Waals surface area contributed by atoms with Gasteiger partial charge in [0, 0.05) is 5.92 Å². The molecule has 0 amide bonds. The van der Waals surface area contributed by atoms with Crippen molar-refractivity contribution < 1.29 is 4.79 Å². The normalized spacial score (nSPS) is 30.2. The van der Waals surface area contributed by atoms with Gasteiger partial charge in [0.15, 0.2) is 5.78 Å². The van der Waals surface area contributed by atoms with Crippen LogP contribution in [0.5, 0.6) is 0 Å². The summed E-state index contributed by atoms with van der Waals surface area (Å²) in [6.07, 6.45) is 15.7. The summed E-state index contributed by atoms with van der Waals surface area (Å²) in [5.41, 5.74) is 1.18. The van der Waals surface area contributed by atoms with E-state index in [1.165, 1.54) is 50.5 Å². The topological polar surface area (TPSA) is 17.1 Å². The van der Waals surface area contributed by atoms with Crippen molar-refractivity contribution in [1.29, 1.82) is 0 Å². The van der Waals surface area contributed by atoms with Gasteiger partial charge in [-0.3, -0.25) is 4.79 Å². The highest BCUT2D eigenvalue weighted by molar-refractivity contribution is 5.97. The highest BCUT2D eigenvalue weighted by atomic mass is 16.1. The first-order chi connectivity index (χ1) is 8.81. The van der Waals surface area contributed by atoms with E-state index in [2.05, 4.69) is 13.0 Å². The molecule has 18 heavy (non-hydrogen) atoms. The first-order valence-corrected chi connectivity index (χ1v) is 8.04. The quantitative estimate of drug-likeness (QED) is 0.683. The lowest BCUT2D eigenvalue weighted by Gasteiger charge is -2.27. The standard InChI is InChI=1S/C17H28O/c1-2-14-10-12-16(13-11-14)17(18)15-8-6-4-3-5-7-9-15/h8,14,16H,2-7,9-13H2,1H3. The van der Waals surface area contributed by atoms with Crippen LogP contribution in [0.2, 0.25) is 0 Å². The molecule has 1 saturated carbocycles. The first-order valence-electron chi connectivity index (χ1n) is 8.04. The average molecular weight is 248 g/mol. The third-order valence-corrected chi connectivity index (χ3v) is 4.90. The third-order valence-electron chi connectivity index (χ3n) is 4.90. The van der Waals surface area contributed by atoms with Crippen LogP contribution in [0.15, 0.2) is 11.6 Å². The molecule has 1 nitrogen and oxygen atoms in total. The Bertz CT molecular complexity index is 295. The van der Waals surface area contributed by atoms with Gasteiger partial charge in [-0.15, -0.1) is 0 Å². The van der Waals surface area contributed by atoms with E-state index < -0.39 is 0 Å². The van der Waals surface area contributed by atoms with Crippen molar-refractivity contribution in [3.05, 3.63) is 11.6 Å². The molecule has 0 radical (unpaired) electrons. The molecule has 1 fully saturated rings. The lowest BCUT2D eigenvalue weighted by Crippen LogP contribution is -2.23. The Morgan fingerprint density at radius 1 is 1.11 bits per heavy atom. The maximum absolute atomic E-state index is 12.5. The van der Waals surface area contributed by atoms with Gasteiger partial charge < -0.3 is 0 Å². The van der Waals surface area contributed by atoms with E-state index in [9.17, 15) is 4.79 Å². The van der Waals surface area contributed by atoms with Crippen LogP contribution >= 0.6 is 0 Å². The second-order valence-corrected chi connectivity index (χ2v) is 6.17. The number of carbonyl (C=O) groups is 1. The Kier molecular flexibility index (Phi) is 5.46. The Balaban J connectivity index is 1.90. The van der Waals surface area contributed by atoms with Crippen LogP contribution in [0.25, 0.3) is 0 Å². The summed E-state index contributed by atoms with van der Waals surface area (Å²) in [5.74, 6) is 1.75. The van der Waals surface area contributed by atoms with Crippen molar-refractivity contribution in [2.75, 3.05) is 0 Å². The molecular formula is C17H28O. The van der Waals surface area contributed by atoms with Crippen molar-refractivity contribution in [3.63, 3.8) is 0 Å². The fourth-order valence-corrected chi connectivity index (χ4v) is 3.51. The van der Waals surface area contributed by atoms with E-state index in [4.69, 9.17) is 0 Å². The monoisotopic (exact) mass is 248 g/mol. The highest BCUT2D eigenvalue weighted by Crippen LogP contribution is 2.33. The molecule has 0 bridgehead atoms. The fraction of sp³-hybridized carbons (Fsp3) is 0.824. The molecule has 0 N–H and O–H groups in total. The van der Waals surface area contributed by atoms with E-state index in [1.807, 2.05) is 0 Å². The number of ketones is 1. The Morgan fingerprint density at radius 3 is 2.56 bits per heavy atom. The molecule has 0 aromatic heterocycles. The van der Waals surface area contributed by atoms with Gasteiger partial charge in [-0.25, -0.2) is 0 Å². The Labute approximate surface area is 112 Å². The molecule has 2 aliphatic rings. The number of hydrogen-bond donors (Lipinski definition) is 0.